The zero-order chi connectivity index (χ0) is 19.5. The lowest BCUT2D eigenvalue weighted by Gasteiger charge is -2.35. The van der Waals surface area contributed by atoms with Crippen molar-refractivity contribution in [1.29, 1.82) is 0 Å². The van der Waals surface area contributed by atoms with Crippen LogP contribution in [0.5, 0.6) is 0 Å². The van der Waals surface area contributed by atoms with Gasteiger partial charge in [-0.05, 0) is 62.1 Å². The predicted octanol–water partition coefficient (Wildman–Crippen LogP) is 3.05. The first kappa shape index (κ1) is 18.5. The molecule has 2 aliphatic rings. The van der Waals surface area contributed by atoms with Gasteiger partial charge in [-0.2, -0.15) is 0 Å². The Morgan fingerprint density at radius 3 is 1.89 bits per heavy atom. The number of nitrogens with zero attached hydrogens (tertiary/aromatic N) is 5. The first-order chi connectivity index (χ1) is 13.6. The second kappa shape index (κ2) is 8.04. The molecule has 0 radical (unpaired) electrons. The zero-order valence-electron chi connectivity index (χ0n) is 16.7. The lowest BCUT2D eigenvalue weighted by molar-refractivity contribution is 0.208. The number of carbonyl (C=O) groups excluding carboxylic acids is 1. The second-order valence-corrected chi connectivity index (χ2v) is 7.72. The number of nitrogens with one attached hydrogen (secondary N) is 1. The topological polar surface area (TPSA) is 64.6 Å². The minimum absolute atomic E-state index is 0.0416. The maximum atomic E-state index is 12.6. The molecule has 0 unspecified atom stereocenters. The highest BCUT2D eigenvalue weighted by atomic mass is 16.2. The van der Waals surface area contributed by atoms with Crippen molar-refractivity contribution < 1.29 is 4.79 Å². The smallest absolute Gasteiger partial charge is 0.321 e. The van der Waals surface area contributed by atoms with Crippen molar-refractivity contribution in [3.63, 3.8) is 0 Å². The van der Waals surface area contributed by atoms with Crippen molar-refractivity contribution in [3.05, 3.63) is 41.5 Å². The van der Waals surface area contributed by atoms with E-state index in [0.717, 1.165) is 54.6 Å². The summed E-state index contributed by atoms with van der Waals surface area (Å²) in [6.07, 6.45) is 2.46. The van der Waals surface area contributed by atoms with Crippen molar-refractivity contribution >= 4 is 23.4 Å². The molecule has 28 heavy (non-hydrogen) atoms. The number of rotatable bonds is 3. The fraction of sp³-hybridized carbons (Fsp3) is 0.476. The largest absolute Gasteiger partial charge is 0.355 e. The molecule has 4 rings (SSSR count). The molecule has 2 aromatic rings. The summed E-state index contributed by atoms with van der Waals surface area (Å²) in [4.78, 5) is 18.9. The van der Waals surface area contributed by atoms with Crippen molar-refractivity contribution in [3.8, 4) is 0 Å². The zero-order valence-corrected chi connectivity index (χ0v) is 16.7. The summed E-state index contributed by atoms with van der Waals surface area (Å²) in [5.74, 6) is 1.85. The molecule has 3 heterocycles. The second-order valence-electron chi connectivity index (χ2n) is 7.72. The van der Waals surface area contributed by atoms with E-state index >= 15 is 0 Å². The van der Waals surface area contributed by atoms with E-state index in [1.54, 1.807) is 0 Å². The van der Waals surface area contributed by atoms with Crippen molar-refractivity contribution in [2.45, 2.75) is 26.7 Å². The quantitative estimate of drug-likeness (QED) is 0.887. The number of benzene rings is 1. The van der Waals surface area contributed by atoms with Gasteiger partial charge in [0, 0.05) is 45.0 Å². The van der Waals surface area contributed by atoms with Crippen molar-refractivity contribution in [2.75, 3.05) is 54.4 Å². The maximum absolute atomic E-state index is 12.6. The first-order valence-electron chi connectivity index (χ1n) is 10.1. The molecule has 148 valence electrons. The summed E-state index contributed by atoms with van der Waals surface area (Å²) in [6, 6.07) is 10.2. The van der Waals surface area contributed by atoms with Gasteiger partial charge >= 0.3 is 6.03 Å². The number of aromatic nitrogens is 2. The fourth-order valence-electron chi connectivity index (χ4n) is 3.99. The first-order valence-corrected chi connectivity index (χ1v) is 10.1. The average Bonchev–Trinajstić information content (AvgIpc) is 3.22. The summed E-state index contributed by atoms with van der Waals surface area (Å²) in [5, 5.41) is 11.8. The Hall–Kier alpha value is -2.83. The number of carbonyl (C=O) groups is 1. The molecule has 0 aliphatic carbocycles. The molecule has 7 nitrogen and oxygen atoms in total. The van der Waals surface area contributed by atoms with Gasteiger partial charge in [0.05, 0.1) is 0 Å². The number of anilines is 3. The van der Waals surface area contributed by atoms with Crippen LogP contribution in [0.2, 0.25) is 0 Å². The summed E-state index contributed by atoms with van der Waals surface area (Å²) in [5.41, 5.74) is 3.15. The third kappa shape index (κ3) is 4.18. The molecule has 2 fully saturated rings. The van der Waals surface area contributed by atoms with Gasteiger partial charge in [-0.25, -0.2) is 4.79 Å². The van der Waals surface area contributed by atoms with Gasteiger partial charge < -0.3 is 20.0 Å². The Kier molecular flexibility index (Phi) is 5.32. The lowest BCUT2D eigenvalue weighted by atomic mass is 10.1. The monoisotopic (exact) mass is 380 g/mol. The molecule has 2 saturated heterocycles. The highest BCUT2D eigenvalue weighted by molar-refractivity contribution is 5.89. The maximum Gasteiger partial charge on any atom is 0.321 e. The molecule has 0 atom stereocenters. The van der Waals surface area contributed by atoms with Crippen LogP contribution < -0.4 is 15.1 Å². The van der Waals surface area contributed by atoms with Crippen molar-refractivity contribution in [1.82, 2.24) is 15.1 Å². The number of hydrogen-bond donors (Lipinski definition) is 1. The van der Waals surface area contributed by atoms with Crippen LogP contribution in [0.4, 0.5) is 22.1 Å². The summed E-state index contributed by atoms with van der Waals surface area (Å²) in [6.45, 7) is 9.09. The highest BCUT2D eigenvalue weighted by Gasteiger charge is 2.23. The molecular formula is C21H28N6O. The lowest BCUT2D eigenvalue weighted by Crippen LogP contribution is -2.50. The van der Waals surface area contributed by atoms with Crippen LogP contribution in [-0.2, 0) is 0 Å². The van der Waals surface area contributed by atoms with E-state index in [2.05, 4.69) is 37.4 Å². The van der Waals surface area contributed by atoms with E-state index in [0.29, 0.717) is 13.1 Å². The van der Waals surface area contributed by atoms with Gasteiger partial charge in [-0.3, -0.25) is 0 Å². The van der Waals surface area contributed by atoms with E-state index in [1.165, 1.54) is 12.8 Å². The van der Waals surface area contributed by atoms with Gasteiger partial charge in [0.25, 0.3) is 0 Å². The van der Waals surface area contributed by atoms with Crippen LogP contribution in [0.3, 0.4) is 0 Å². The fourth-order valence-corrected chi connectivity index (χ4v) is 3.99. The van der Waals surface area contributed by atoms with Gasteiger partial charge in [-0.15, -0.1) is 10.2 Å². The molecule has 0 saturated carbocycles. The van der Waals surface area contributed by atoms with Crippen LogP contribution in [0.15, 0.2) is 30.3 Å². The van der Waals surface area contributed by atoms with Crippen LogP contribution in [0.1, 0.15) is 24.0 Å². The minimum atomic E-state index is -0.0416. The number of piperazine rings is 1. The molecule has 1 N–H and O–H groups in total. The van der Waals surface area contributed by atoms with Gasteiger partial charge in [0.2, 0.25) is 0 Å². The third-order valence-corrected chi connectivity index (χ3v) is 5.43. The van der Waals surface area contributed by atoms with E-state index < -0.39 is 0 Å². The molecule has 2 aliphatic heterocycles. The molecule has 0 bridgehead atoms. The van der Waals surface area contributed by atoms with E-state index in [4.69, 9.17) is 0 Å². The summed E-state index contributed by atoms with van der Waals surface area (Å²) < 4.78 is 0. The van der Waals surface area contributed by atoms with Gasteiger partial charge in [0.15, 0.2) is 11.6 Å². The number of amides is 2. The standard InChI is InChI=1S/C21H28N6O/c1-16-13-17(2)15-18(14-16)22-21(28)27-11-9-26(10-12-27)20-6-5-19(23-24-20)25-7-3-4-8-25/h5-6,13-15H,3-4,7-12H2,1-2H3,(H,22,28). The van der Waals surface area contributed by atoms with E-state index in [-0.39, 0.29) is 6.03 Å². The van der Waals surface area contributed by atoms with Crippen LogP contribution in [0.25, 0.3) is 0 Å². The van der Waals surface area contributed by atoms with Crippen molar-refractivity contribution in [2.24, 2.45) is 0 Å². The van der Waals surface area contributed by atoms with E-state index in [9.17, 15) is 4.79 Å². The van der Waals surface area contributed by atoms with Gasteiger partial charge in [0.1, 0.15) is 0 Å². The minimum Gasteiger partial charge on any atom is -0.355 e. The molecule has 1 aromatic heterocycles. The van der Waals surface area contributed by atoms with E-state index in [1.807, 2.05) is 36.9 Å². The van der Waals surface area contributed by atoms with Crippen LogP contribution in [0, 0.1) is 13.8 Å². The number of aryl methyl sites for hydroxylation is 2. The van der Waals surface area contributed by atoms with Gasteiger partial charge in [-0.1, -0.05) is 6.07 Å². The third-order valence-electron chi connectivity index (χ3n) is 5.43. The van der Waals surface area contributed by atoms with Crippen LogP contribution in [-0.4, -0.2) is 60.4 Å². The number of hydrogen-bond acceptors (Lipinski definition) is 5. The normalized spacial score (nSPS) is 17.1. The Morgan fingerprint density at radius 1 is 0.821 bits per heavy atom. The molecule has 0 spiro atoms. The Labute approximate surface area is 166 Å². The average molecular weight is 380 g/mol. The Bertz CT molecular complexity index is 803. The molecule has 1 aromatic carbocycles. The summed E-state index contributed by atoms with van der Waals surface area (Å²) >= 11 is 0. The summed E-state index contributed by atoms with van der Waals surface area (Å²) in [7, 11) is 0. The highest BCUT2D eigenvalue weighted by Crippen LogP contribution is 2.20. The Morgan fingerprint density at radius 2 is 1.36 bits per heavy atom. The Balaban J connectivity index is 1.32. The number of urea groups is 1. The van der Waals surface area contributed by atoms with Crippen LogP contribution >= 0.6 is 0 Å². The predicted molar refractivity (Wildman–Crippen MR) is 112 cm³/mol. The SMILES string of the molecule is Cc1cc(C)cc(NC(=O)N2CCN(c3ccc(N4CCCC4)nn3)CC2)c1. The molecule has 7 heteroatoms. The molecular weight excluding hydrogens is 352 g/mol. The molecule has 2 amide bonds.